The van der Waals surface area contributed by atoms with Crippen molar-refractivity contribution in [2.75, 3.05) is 21.3 Å². The molecule has 0 aliphatic heterocycles. The van der Waals surface area contributed by atoms with E-state index in [0.29, 0.717) is 0 Å². The van der Waals surface area contributed by atoms with E-state index in [0.717, 1.165) is 17.2 Å². The summed E-state index contributed by atoms with van der Waals surface area (Å²) in [6.45, 7) is 0. The van der Waals surface area contributed by atoms with E-state index in [1.54, 1.807) is 21.3 Å². The molecule has 25 heavy (non-hydrogen) atoms. The van der Waals surface area contributed by atoms with E-state index in [4.69, 9.17) is 14.2 Å². The van der Waals surface area contributed by atoms with E-state index in [1.165, 1.54) is 10.5 Å². The molecule has 0 heterocycles. The molecule has 0 unspecified atom stereocenters. The molecule has 0 radical (unpaired) electrons. The predicted molar refractivity (Wildman–Crippen MR) is 104 cm³/mol. The average molecular weight is 443 g/mol. The number of hydrogen-bond donors (Lipinski definition) is 0. The number of methoxy groups -OCH3 is 3. The summed E-state index contributed by atoms with van der Waals surface area (Å²) >= 11 is -2.23. The van der Waals surface area contributed by atoms with Crippen LogP contribution in [0.3, 0.4) is 0 Å². The zero-order valence-corrected chi connectivity index (χ0v) is 17.2. The van der Waals surface area contributed by atoms with Crippen molar-refractivity contribution in [1.82, 2.24) is 0 Å². The summed E-state index contributed by atoms with van der Waals surface area (Å²) < 4.78 is 20.4. The molecule has 3 aromatic rings. The SMILES string of the molecule is COc1ccc[c]([Sb]([c]2cccc(OC)c2)[c]2cccc(OC)c2)c1. The molecule has 0 bridgehead atoms. The first-order chi connectivity index (χ1) is 12.2. The van der Waals surface area contributed by atoms with Crippen molar-refractivity contribution in [3.63, 3.8) is 0 Å². The van der Waals surface area contributed by atoms with Crippen molar-refractivity contribution in [2.24, 2.45) is 0 Å². The molecular formula is C21H21O3Sb. The van der Waals surface area contributed by atoms with Gasteiger partial charge in [0.25, 0.3) is 0 Å². The molecule has 0 amide bonds. The fourth-order valence-electron chi connectivity index (χ4n) is 2.70. The van der Waals surface area contributed by atoms with Gasteiger partial charge in [0.1, 0.15) is 0 Å². The Labute approximate surface area is 156 Å². The van der Waals surface area contributed by atoms with Crippen LogP contribution in [-0.2, 0) is 0 Å². The Kier molecular flexibility index (Phi) is 5.88. The maximum atomic E-state index is 5.45. The quantitative estimate of drug-likeness (QED) is 0.548. The van der Waals surface area contributed by atoms with E-state index >= 15 is 0 Å². The second kappa shape index (κ2) is 8.31. The zero-order chi connectivity index (χ0) is 17.6. The summed E-state index contributed by atoms with van der Waals surface area (Å²) in [4.78, 5) is 0. The molecule has 3 aromatic carbocycles. The number of rotatable bonds is 6. The normalized spacial score (nSPS) is 10.6. The van der Waals surface area contributed by atoms with Gasteiger partial charge >= 0.3 is 156 Å². The molecule has 0 atom stereocenters. The molecule has 3 nitrogen and oxygen atoms in total. The van der Waals surface area contributed by atoms with E-state index in [2.05, 4.69) is 54.6 Å². The molecule has 0 aromatic heterocycles. The number of benzene rings is 3. The van der Waals surface area contributed by atoms with E-state index in [1.807, 2.05) is 18.2 Å². The van der Waals surface area contributed by atoms with Crippen LogP contribution >= 0.6 is 0 Å². The van der Waals surface area contributed by atoms with Gasteiger partial charge in [0.2, 0.25) is 0 Å². The molecule has 4 heteroatoms. The molecule has 0 fully saturated rings. The van der Waals surface area contributed by atoms with E-state index in [9.17, 15) is 0 Å². The van der Waals surface area contributed by atoms with Gasteiger partial charge in [-0.15, -0.1) is 0 Å². The van der Waals surface area contributed by atoms with Gasteiger partial charge in [-0.25, -0.2) is 0 Å². The van der Waals surface area contributed by atoms with Crippen molar-refractivity contribution < 1.29 is 14.2 Å². The van der Waals surface area contributed by atoms with Crippen LogP contribution in [-0.4, -0.2) is 41.5 Å². The summed E-state index contributed by atoms with van der Waals surface area (Å²) in [5.74, 6) is 2.66. The van der Waals surface area contributed by atoms with Gasteiger partial charge in [-0.1, -0.05) is 0 Å². The average Bonchev–Trinajstić information content (AvgIpc) is 2.68. The summed E-state index contributed by atoms with van der Waals surface area (Å²) in [7, 11) is 5.12. The first-order valence-electron chi connectivity index (χ1n) is 7.97. The fraction of sp³-hybridized carbons (Fsp3) is 0.143. The minimum absolute atomic E-state index is 0.887. The predicted octanol–water partition coefficient (Wildman–Crippen LogP) is 2.23. The van der Waals surface area contributed by atoms with Crippen LogP contribution in [0, 0.1) is 0 Å². The van der Waals surface area contributed by atoms with Crippen LogP contribution in [0.1, 0.15) is 0 Å². The topological polar surface area (TPSA) is 27.7 Å². The van der Waals surface area contributed by atoms with Crippen LogP contribution in [0.15, 0.2) is 72.8 Å². The Balaban J connectivity index is 2.16. The van der Waals surface area contributed by atoms with Gasteiger partial charge in [-0.3, -0.25) is 0 Å². The first kappa shape index (κ1) is 17.7. The maximum absolute atomic E-state index is 5.45. The van der Waals surface area contributed by atoms with E-state index in [-0.39, 0.29) is 0 Å². The number of hydrogen-bond acceptors (Lipinski definition) is 3. The second-order valence-corrected chi connectivity index (χ2v) is 11.8. The van der Waals surface area contributed by atoms with Crippen LogP contribution in [0.4, 0.5) is 0 Å². The zero-order valence-electron chi connectivity index (χ0n) is 14.6. The molecule has 0 saturated carbocycles. The molecule has 0 saturated heterocycles. The van der Waals surface area contributed by atoms with Crippen LogP contribution in [0.2, 0.25) is 0 Å². The Morgan fingerprint density at radius 2 is 0.840 bits per heavy atom. The van der Waals surface area contributed by atoms with Crippen molar-refractivity contribution in [3.05, 3.63) is 72.8 Å². The Bertz CT molecular complexity index is 735. The minimum atomic E-state index is -2.23. The molecule has 0 N–H and O–H groups in total. The third-order valence-electron chi connectivity index (χ3n) is 3.93. The van der Waals surface area contributed by atoms with Crippen molar-refractivity contribution in [2.45, 2.75) is 0 Å². The van der Waals surface area contributed by atoms with Crippen molar-refractivity contribution in [3.8, 4) is 17.2 Å². The van der Waals surface area contributed by atoms with Gasteiger partial charge in [0.05, 0.1) is 0 Å². The molecule has 0 aliphatic rings. The molecular weight excluding hydrogens is 422 g/mol. The van der Waals surface area contributed by atoms with Crippen molar-refractivity contribution >= 4 is 30.7 Å². The molecule has 3 rings (SSSR count). The molecule has 0 spiro atoms. The van der Waals surface area contributed by atoms with Gasteiger partial charge in [0, 0.05) is 0 Å². The summed E-state index contributed by atoms with van der Waals surface area (Å²) in [6, 6.07) is 25.2. The number of ether oxygens (including phenoxy) is 3. The third-order valence-corrected chi connectivity index (χ3v) is 10.7. The van der Waals surface area contributed by atoms with Gasteiger partial charge < -0.3 is 0 Å². The van der Waals surface area contributed by atoms with Crippen LogP contribution < -0.4 is 24.7 Å². The van der Waals surface area contributed by atoms with Gasteiger partial charge in [-0.05, 0) is 0 Å². The monoisotopic (exact) mass is 442 g/mol. The van der Waals surface area contributed by atoms with Crippen LogP contribution in [0.25, 0.3) is 0 Å². The van der Waals surface area contributed by atoms with Crippen LogP contribution in [0.5, 0.6) is 17.2 Å². The molecule has 128 valence electrons. The Hall–Kier alpha value is -2.12. The summed E-state index contributed by atoms with van der Waals surface area (Å²) in [6.07, 6.45) is 0. The standard InChI is InChI=1S/3C7H7O.Sb/c3*1-8-7-5-3-2-4-6-7;/h3*2-3,5-6H,1H3;. The summed E-state index contributed by atoms with van der Waals surface area (Å²) in [5.41, 5.74) is 0. The van der Waals surface area contributed by atoms with Gasteiger partial charge in [0.15, 0.2) is 0 Å². The Morgan fingerprint density at radius 3 is 1.12 bits per heavy atom. The Morgan fingerprint density at radius 1 is 0.520 bits per heavy atom. The molecule has 0 aliphatic carbocycles. The second-order valence-electron chi connectivity index (χ2n) is 5.44. The third kappa shape index (κ3) is 4.11. The fourth-order valence-corrected chi connectivity index (χ4v) is 9.46. The van der Waals surface area contributed by atoms with Crippen molar-refractivity contribution in [1.29, 1.82) is 0 Å². The first-order valence-corrected chi connectivity index (χ1v) is 11.8. The van der Waals surface area contributed by atoms with E-state index < -0.39 is 20.2 Å². The summed E-state index contributed by atoms with van der Waals surface area (Å²) in [5, 5.41) is 0. The van der Waals surface area contributed by atoms with Gasteiger partial charge in [-0.2, -0.15) is 0 Å².